The Labute approximate surface area is 158 Å². The summed E-state index contributed by atoms with van der Waals surface area (Å²) in [5.41, 5.74) is 4.41. The molecule has 0 bridgehead atoms. The van der Waals surface area contributed by atoms with Gasteiger partial charge in [0, 0.05) is 22.7 Å². The van der Waals surface area contributed by atoms with E-state index in [1.165, 1.54) is 0 Å². The van der Waals surface area contributed by atoms with E-state index >= 15 is 0 Å². The van der Waals surface area contributed by atoms with E-state index < -0.39 is 0 Å². The first-order chi connectivity index (χ1) is 12.2. The fourth-order valence-electron chi connectivity index (χ4n) is 2.08. The van der Waals surface area contributed by atoms with Crippen molar-refractivity contribution in [3.05, 3.63) is 58.6 Å². The van der Waals surface area contributed by atoms with Gasteiger partial charge in [-0.3, -0.25) is 5.43 Å². The molecule has 2 N–H and O–H groups in total. The van der Waals surface area contributed by atoms with Gasteiger partial charge in [-0.2, -0.15) is 5.10 Å². The van der Waals surface area contributed by atoms with E-state index in [1.807, 2.05) is 49.4 Å². The Kier molecular flexibility index (Phi) is 7.50. The maximum absolute atomic E-state index is 6.18. The Morgan fingerprint density at radius 3 is 2.76 bits per heavy atom. The van der Waals surface area contributed by atoms with Gasteiger partial charge in [-0.25, -0.2) is 0 Å². The van der Waals surface area contributed by atoms with E-state index in [0.29, 0.717) is 28.2 Å². The van der Waals surface area contributed by atoms with E-state index in [1.54, 1.807) is 13.3 Å². The SMILES string of the molecule is CCNC(=S)NN=Cc1cccc(OC)c1OCc1ccccc1Cl. The second-order valence-electron chi connectivity index (χ2n) is 4.99. The van der Waals surface area contributed by atoms with Crippen molar-refractivity contribution in [2.45, 2.75) is 13.5 Å². The van der Waals surface area contributed by atoms with Crippen molar-refractivity contribution < 1.29 is 9.47 Å². The fourth-order valence-corrected chi connectivity index (χ4v) is 2.46. The van der Waals surface area contributed by atoms with Crippen LogP contribution in [0.3, 0.4) is 0 Å². The van der Waals surface area contributed by atoms with Crippen LogP contribution >= 0.6 is 23.8 Å². The molecule has 0 aliphatic carbocycles. The molecule has 7 heteroatoms. The number of thiocarbonyl (C=S) groups is 1. The summed E-state index contributed by atoms with van der Waals surface area (Å²) in [6.07, 6.45) is 1.63. The van der Waals surface area contributed by atoms with Crippen LogP contribution in [0.15, 0.2) is 47.6 Å². The molecule has 0 fully saturated rings. The number of ether oxygens (including phenoxy) is 2. The second-order valence-corrected chi connectivity index (χ2v) is 5.80. The molecule has 0 spiro atoms. The zero-order valence-corrected chi connectivity index (χ0v) is 15.7. The van der Waals surface area contributed by atoms with Crippen LogP contribution in [-0.4, -0.2) is 25.0 Å². The number of benzene rings is 2. The highest BCUT2D eigenvalue weighted by Gasteiger charge is 2.10. The Bertz CT molecular complexity index is 753. The van der Waals surface area contributed by atoms with Crippen molar-refractivity contribution in [1.29, 1.82) is 0 Å². The van der Waals surface area contributed by atoms with Gasteiger partial charge in [0.15, 0.2) is 16.6 Å². The summed E-state index contributed by atoms with van der Waals surface area (Å²) in [5.74, 6) is 1.20. The highest BCUT2D eigenvalue weighted by atomic mass is 35.5. The van der Waals surface area contributed by atoms with E-state index in [-0.39, 0.29) is 0 Å². The van der Waals surface area contributed by atoms with Gasteiger partial charge in [-0.1, -0.05) is 35.9 Å². The zero-order chi connectivity index (χ0) is 18.1. The largest absolute Gasteiger partial charge is 0.493 e. The summed E-state index contributed by atoms with van der Waals surface area (Å²) < 4.78 is 11.3. The molecule has 2 rings (SSSR count). The van der Waals surface area contributed by atoms with E-state index in [2.05, 4.69) is 15.8 Å². The van der Waals surface area contributed by atoms with Crippen LogP contribution in [-0.2, 0) is 6.61 Å². The maximum Gasteiger partial charge on any atom is 0.186 e. The first kappa shape index (κ1) is 19.0. The molecule has 0 aliphatic heterocycles. The molecule has 2 aromatic carbocycles. The molecule has 0 atom stereocenters. The number of nitrogens with one attached hydrogen (secondary N) is 2. The molecular formula is C18H20ClN3O2S. The summed E-state index contributed by atoms with van der Waals surface area (Å²) in [4.78, 5) is 0. The van der Waals surface area contributed by atoms with Gasteiger partial charge in [0.2, 0.25) is 0 Å². The zero-order valence-electron chi connectivity index (χ0n) is 14.1. The minimum Gasteiger partial charge on any atom is -0.493 e. The van der Waals surface area contributed by atoms with Gasteiger partial charge in [-0.15, -0.1) is 0 Å². The lowest BCUT2D eigenvalue weighted by molar-refractivity contribution is 0.284. The quantitative estimate of drug-likeness (QED) is 0.437. The number of hydrogen-bond donors (Lipinski definition) is 2. The van der Waals surface area contributed by atoms with Gasteiger partial charge >= 0.3 is 0 Å². The molecule has 0 saturated carbocycles. The minimum absolute atomic E-state index is 0.324. The van der Waals surface area contributed by atoms with Gasteiger partial charge in [0.25, 0.3) is 0 Å². The summed E-state index contributed by atoms with van der Waals surface area (Å²) in [7, 11) is 1.59. The molecule has 0 radical (unpaired) electrons. The van der Waals surface area contributed by atoms with Crippen molar-refractivity contribution in [3.63, 3.8) is 0 Å². The third kappa shape index (κ3) is 5.62. The number of halogens is 1. The van der Waals surface area contributed by atoms with Crippen LogP contribution in [0.2, 0.25) is 5.02 Å². The highest BCUT2D eigenvalue weighted by Crippen LogP contribution is 2.31. The molecule has 0 aliphatic rings. The lowest BCUT2D eigenvalue weighted by Crippen LogP contribution is -2.31. The van der Waals surface area contributed by atoms with Gasteiger partial charge in [0.05, 0.1) is 13.3 Å². The molecule has 2 aromatic rings. The van der Waals surface area contributed by atoms with E-state index in [0.717, 1.165) is 17.7 Å². The van der Waals surface area contributed by atoms with Crippen molar-refractivity contribution in [2.24, 2.45) is 5.10 Å². The third-order valence-corrected chi connectivity index (χ3v) is 3.87. The molecule has 0 unspecified atom stereocenters. The van der Waals surface area contributed by atoms with E-state index in [4.69, 9.17) is 33.3 Å². The van der Waals surface area contributed by atoms with Crippen molar-refractivity contribution in [3.8, 4) is 11.5 Å². The smallest absolute Gasteiger partial charge is 0.186 e. The lowest BCUT2D eigenvalue weighted by Gasteiger charge is -2.14. The average molecular weight is 378 g/mol. The fraction of sp³-hybridized carbons (Fsp3) is 0.222. The number of nitrogens with zero attached hydrogens (tertiary/aromatic N) is 1. The predicted octanol–water partition coefficient (Wildman–Crippen LogP) is 3.75. The van der Waals surface area contributed by atoms with Gasteiger partial charge in [0.1, 0.15) is 6.61 Å². The molecule has 0 heterocycles. The number of methoxy groups -OCH3 is 1. The van der Waals surface area contributed by atoms with Crippen LogP contribution in [0.4, 0.5) is 0 Å². The Balaban J connectivity index is 2.16. The minimum atomic E-state index is 0.324. The van der Waals surface area contributed by atoms with Gasteiger partial charge in [-0.05, 0) is 37.3 Å². The van der Waals surface area contributed by atoms with Gasteiger partial charge < -0.3 is 14.8 Å². The van der Waals surface area contributed by atoms with E-state index in [9.17, 15) is 0 Å². The molecule has 5 nitrogen and oxygen atoms in total. The summed E-state index contributed by atoms with van der Waals surface area (Å²) >= 11 is 11.3. The molecule has 0 aromatic heterocycles. The predicted molar refractivity (Wildman–Crippen MR) is 106 cm³/mol. The maximum atomic E-state index is 6.18. The van der Waals surface area contributed by atoms with Crippen LogP contribution in [0, 0.1) is 0 Å². The Hall–Kier alpha value is -2.31. The molecule has 25 heavy (non-hydrogen) atoms. The highest BCUT2D eigenvalue weighted by molar-refractivity contribution is 7.80. The van der Waals surface area contributed by atoms with Crippen LogP contribution in [0.1, 0.15) is 18.1 Å². The number of para-hydroxylation sites is 1. The summed E-state index contributed by atoms with van der Waals surface area (Å²) in [5, 5.41) is 8.20. The van der Waals surface area contributed by atoms with Crippen molar-refractivity contribution >= 4 is 35.1 Å². The Morgan fingerprint density at radius 2 is 2.04 bits per heavy atom. The van der Waals surface area contributed by atoms with Crippen molar-refractivity contribution in [1.82, 2.24) is 10.7 Å². The molecular weight excluding hydrogens is 358 g/mol. The monoisotopic (exact) mass is 377 g/mol. The lowest BCUT2D eigenvalue weighted by atomic mass is 10.2. The van der Waals surface area contributed by atoms with Crippen LogP contribution in [0.5, 0.6) is 11.5 Å². The van der Waals surface area contributed by atoms with Crippen LogP contribution < -0.4 is 20.2 Å². The number of rotatable bonds is 7. The summed E-state index contributed by atoms with van der Waals surface area (Å²) in [6, 6.07) is 13.1. The summed E-state index contributed by atoms with van der Waals surface area (Å²) in [6.45, 7) is 3.01. The third-order valence-electron chi connectivity index (χ3n) is 3.27. The topological polar surface area (TPSA) is 54.9 Å². The number of hydrazone groups is 1. The molecule has 132 valence electrons. The first-order valence-electron chi connectivity index (χ1n) is 7.75. The number of hydrogen-bond acceptors (Lipinski definition) is 4. The second kappa shape index (κ2) is 9.86. The Morgan fingerprint density at radius 1 is 1.24 bits per heavy atom. The van der Waals surface area contributed by atoms with Crippen LogP contribution in [0.25, 0.3) is 0 Å². The normalized spacial score (nSPS) is 10.5. The average Bonchev–Trinajstić information content (AvgIpc) is 2.61. The first-order valence-corrected chi connectivity index (χ1v) is 8.54. The standard InChI is InChI=1S/C18H20ClN3O2S/c1-3-20-18(25)22-21-11-13-8-6-10-16(23-2)17(13)24-12-14-7-4-5-9-15(14)19/h4-11H,3,12H2,1-2H3,(H2,20,22,25). The molecule has 0 saturated heterocycles. The van der Waals surface area contributed by atoms with Crippen molar-refractivity contribution in [2.75, 3.05) is 13.7 Å². The molecule has 0 amide bonds.